The molecule has 1 amide bonds. The predicted octanol–water partition coefficient (Wildman–Crippen LogP) is 1.03. The van der Waals surface area contributed by atoms with Crippen molar-refractivity contribution in [2.24, 2.45) is 5.41 Å². The van der Waals surface area contributed by atoms with Gasteiger partial charge in [-0.05, 0) is 13.3 Å². The van der Waals surface area contributed by atoms with Crippen LogP contribution in [0.1, 0.15) is 34.1 Å². The van der Waals surface area contributed by atoms with Crippen LogP contribution in [0.25, 0.3) is 0 Å². The summed E-state index contributed by atoms with van der Waals surface area (Å²) >= 11 is 0. The van der Waals surface area contributed by atoms with Crippen LogP contribution in [0, 0.1) is 5.41 Å². The molecule has 0 aromatic heterocycles. The van der Waals surface area contributed by atoms with Crippen molar-refractivity contribution >= 4 is 5.91 Å². The first-order valence-corrected chi connectivity index (χ1v) is 5.90. The van der Waals surface area contributed by atoms with E-state index in [0.29, 0.717) is 19.5 Å². The molecular formula is C12H23NO3. The van der Waals surface area contributed by atoms with Gasteiger partial charge in [-0.3, -0.25) is 4.79 Å². The summed E-state index contributed by atoms with van der Waals surface area (Å²) in [6.07, 6.45) is 0.620. The van der Waals surface area contributed by atoms with Crippen molar-refractivity contribution < 1.29 is 14.6 Å². The number of hydrogen-bond acceptors (Lipinski definition) is 3. The monoisotopic (exact) mass is 229 g/mol. The summed E-state index contributed by atoms with van der Waals surface area (Å²) in [6.45, 7) is 9.10. The van der Waals surface area contributed by atoms with Crippen LogP contribution in [0.4, 0.5) is 0 Å². The second-order valence-electron chi connectivity index (χ2n) is 5.54. The van der Waals surface area contributed by atoms with Crippen molar-refractivity contribution in [3.05, 3.63) is 0 Å². The number of rotatable bonds is 2. The fourth-order valence-electron chi connectivity index (χ4n) is 1.99. The molecule has 0 aromatic carbocycles. The van der Waals surface area contributed by atoms with E-state index in [9.17, 15) is 4.79 Å². The largest absolute Gasteiger partial charge is 0.396 e. The quantitative estimate of drug-likeness (QED) is 0.769. The predicted molar refractivity (Wildman–Crippen MR) is 62.1 cm³/mol. The van der Waals surface area contributed by atoms with Crippen molar-refractivity contribution in [2.45, 2.75) is 46.3 Å². The fraction of sp³-hybridized carbons (Fsp3) is 0.917. The molecule has 0 spiro atoms. The second-order valence-corrected chi connectivity index (χ2v) is 5.54. The molecule has 94 valence electrons. The van der Waals surface area contributed by atoms with Gasteiger partial charge in [0.05, 0.1) is 12.2 Å². The summed E-state index contributed by atoms with van der Waals surface area (Å²) in [7, 11) is 0. The Bertz CT molecular complexity index is 247. The third-order valence-corrected chi connectivity index (χ3v) is 2.71. The smallest absolute Gasteiger partial charge is 0.228 e. The third kappa shape index (κ3) is 3.46. The minimum Gasteiger partial charge on any atom is -0.396 e. The summed E-state index contributed by atoms with van der Waals surface area (Å²) in [5.41, 5.74) is -0.346. The summed E-state index contributed by atoms with van der Waals surface area (Å²) in [5.74, 6) is 0.158. The lowest BCUT2D eigenvalue weighted by Crippen LogP contribution is -2.52. The van der Waals surface area contributed by atoms with E-state index in [1.165, 1.54) is 0 Å². The normalized spacial score (nSPS) is 26.9. The highest BCUT2D eigenvalue weighted by atomic mass is 16.5. The molecule has 0 bridgehead atoms. The highest BCUT2D eigenvalue weighted by molar-refractivity contribution is 5.81. The molecule has 1 N–H and O–H groups in total. The van der Waals surface area contributed by atoms with Crippen LogP contribution >= 0.6 is 0 Å². The molecule has 1 fully saturated rings. The Kier molecular flexibility index (Phi) is 4.33. The van der Waals surface area contributed by atoms with Gasteiger partial charge in [0, 0.05) is 25.1 Å². The SMILES string of the molecule is CC1CN(C(=O)C(C)(C)C)CC(CCO)O1. The molecule has 1 aliphatic heterocycles. The first-order valence-electron chi connectivity index (χ1n) is 5.90. The average molecular weight is 229 g/mol. The Morgan fingerprint density at radius 1 is 1.44 bits per heavy atom. The molecule has 4 heteroatoms. The molecule has 16 heavy (non-hydrogen) atoms. The van der Waals surface area contributed by atoms with Crippen LogP contribution < -0.4 is 0 Å². The minimum absolute atomic E-state index is 0.0277. The molecular weight excluding hydrogens is 206 g/mol. The lowest BCUT2D eigenvalue weighted by molar-refractivity contribution is -0.153. The Morgan fingerprint density at radius 3 is 2.56 bits per heavy atom. The second kappa shape index (κ2) is 5.15. The number of ether oxygens (including phenoxy) is 1. The number of aliphatic hydroxyl groups excluding tert-OH is 1. The number of nitrogens with zero attached hydrogens (tertiary/aromatic N) is 1. The molecule has 0 saturated carbocycles. The van der Waals surface area contributed by atoms with Gasteiger partial charge in [0.1, 0.15) is 0 Å². The lowest BCUT2D eigenvalue weighted by Gasteiger charge is -2.39. The summed E-state index contributed by atoms with van der Waals surface area (Å²) in [4.78, 5) is 14.0. The van der Waals surface area contributed by atoms with Crippen molar-refractivity contribution in [2.75, 3.05) is 19.7 Å². The van der Waals surface area contributed by atoms with Crippen LogP contribution in [-0.4, -0.2) is 47.8 Å². The number of amides is 1. The Labute approximate surface area is 97.6 Å². The first-order chi connectivity index (χ1) is 7.34. The fourth-order valence-corrected chi connectivity index (χ4v) is 1.99. The molecule has 0 radical (unpaired) electrons. The number of aliphatic hydroxyl groups is 1. The first kappa shape index (κ1) is 13.5. The van der Waals surface area contributed by atoms with E-state index >= 15 is 0 Å². The number of carbonyl (C=O) groups is 1. The van der Waals surface area contributed by atoms with E-state index in [4.69, 9.17) is 9.84 Å². The van der Waals surface area contributed by atoms with Gasteiger partial charge in [-0.2, -0.15) is 0 Å². The molecule has 2 atom stereocenters. The van der Waals surface area contributed by atoms with Crippen LogP contribution in [0.2, 0.25) is 0 Å². The molecule has 1 rings (SSSR count). The van der Waals surface area contributed by atoms with Gasteiger partial charge >= 0.3 is 0 Å². The molecule has 1 saturated heterocycles. The van der Waals surface area contributed by atoms with Gasteiger partial charge in [-0.1, -0.05) is 20.8 Å². The van der Waals surface area contributed by atoms with E-state index in [-0.39, 0.29) is 30.1 Å². The van der Waals surface area contributed by atoms with E-state index in [0.717, 1.165) is 0 Å². The van der Waals surface area contributed by atoms with Gasteiger partial charge in [-0.25, -0.2) is 0 Å². The maximum atomic E-state index is 12.1. The maximum Gasteiger partial charge on any atom is 0.228 e. The zero-order valence-electron chi connectivity index (χ0n) is 10.7. The number of hydrogen-bond donors (Lipinski definition) is 1. The van der Waals surface area contributed by atoms with Crippen LogP contribution in [0.5, 0.6) is 0 Å². The van der Waals surface area contributed by atoms with E-state index in [2.05, 4.69) is 0 Å². The third-order valence-electron chi connectivity index (χ3n) is 2.71. The number of morpholine rings is 1. The van der Waals surface area contributed by atoms with Crippen LogP contribution in [0.3, 0.4) is 0 Å². The van der Waals surface area contributed by atoms with Gasteiger partial charge in [-0.15, -0.1) is 0 Å². The molecule has 1 aliphatic rings. The van der Waals surface area contributed by atoms with Crippen molar-refractivity contribution in [3.63, 3.8) is 0 Å². The molecule has 0 aromatic rings. The Balaban J connectivity index is 2.63. The molecule has 4 nitrogen and oxygen atoms in total. The zero-order chi connectivity index (χ0) is 12.3. The highest BCUT2D eigenvalue weighted by Crippen LogP contribution is 2.22. The molecule has 1 heterocycles. The average Bonchev–Trinajstić information content (AvgIpc) is 2.14. The maximum absolute atomic E-state index is 12.1. The van der Waals surface area contributed by atoms with Gasteiger partial charge in [0.25, 0.3) is 0 Å². The lowest BCUT2D eigenvalue weighted by atomic mass is 9.94. The summed E-state index contributed by atoms with van der Waals surface area (Å²) < 4.78 is 5.67. The van der Waals surface area contributed by atoms with E-state index in [1.54, 1.807) is 0 Å². The van der Waals surface area contributed by atoms with Gasteiger partial charge < -0.3 is 14.7 Å². The van der Waals surface area contributed by atoms with Crippen molar-refractivity contribution in [3.8, 4) is 0 Å². The summed E-state index contributed by atoms with van der Waals surface area (Å²) in [5, 5.41) is 8.91. The van der Waals surface area contributed by atoms with Crippen LogP contribution in [-0.2, 0) is 9.53 Å². The highest BCUT2D eigenvalue weighted by Gasteiger charge is 2.33. The van der Waals surface area contributed by atoms with E-state index in [1.807, 2.05) is 32.6 Å². The van der Waals surface area contributed by atoms with Crippen molar-refractivity contribution in [1.82, 2.24) is 4.90 Å². The van der Waals surface area contributed by atoms with Crippen molar-refractivity contribution in [1.29, 1.82) is 0 Å². The molecule has 0 aliphatic carbocycles. The van der Waals surface area contributed by atoms with Gasteiger partial charge in [0.15, 0.2) is 0 Å². The van der Waals surface area contributed by atoms with Gasteiger partial charge in [0.2, 0.25) is 5.91 Å². The van der Waals surface area contributed by atoms with Crippen LogP contribution in [0.15, 0.2) is 0 Å². The standard InChI is InChI=1S/C12H23NO3/c1-9-7-13(11(15)12(2,3)4)8-10(16-9)5-6-14/h9-10,14H,5-8H2,1-4H3. The minimum atomic E-state index is -0.346. The Morgan fingerprint density at radius 2 is 2.06 bits per heavy atom. The Hall–Kier alpha value is -0.610. The zero-order valence-corrected chi connectivity index (χ0v) is 10.7. The topological polar surface area (TPSA) is 49.8 Å². The van der Waals surface area contributed by atoms with E-state index < -0.39 is 0 Å². The number of carbonyl (C=O) groups excluding carboxylic acids is 1. The summed E-state index contributed by atoms with van der Waals surface area (Å²) in [6, 6.07) is 0. The molecule has 2 unspecified atom stereocenters.